The van der Waals surface area contributed by atoms with Gasteiger partial charge in [0.15, 0.2) is 0 Å². The van der Waals surface area contributed by atoms with Gasteiger partial charge in [-0.15, -0.1) is 0 Å². The number of carbonyl (C=O) groups is 2. The SMILES string of the molecule is O=C(CS(=O)(=O)[O-])OCCOC(=O)c1ccncc1. The summed E-state index contributed by atoms with van der Waals surface area (Å²) in [5.41, 5.74) is 0.281. The molecule has 104 valence electrons. The summed E-state index contributed by atoms with van der Waals surface area (Å²) in [6.07, 6.45) is 2.82. The lowest BCUT2D eigenvalue weighted by atomic mass is 10.3. The Morgan fingerprint density at radius 2 is 1.74 bits per heavy atom. The van der Waals surface area contributed by atoms with Crippen LogP contribution >= 0.6 is 0 Å². The van der Waals surface area contributed by atoms with Crippen molar-refractivity contribution in [1.82, 2.24) is 4.98 Å². The van der Waals surface area contributed by atoms with Gasteiger partial charge in [0, 0.05) is 12.4 Å². The third-order valence-electron chi connectivity index (χ3n) is 1.79. The first-order chi connectivity index (χ1) is 8.88. The number of esters is 2. The van der Waals surface area contributed by atoms with E-state index in [1.54, 1.807) is 0 Å². The van der Waals surface area contributed by atoms with E-state index in [-0.39, 0.29) is 18.8 Å². The number of rotatable bonds is 6. The Morgan fingerprint density at radius 1 is 1.16 bits per heavy atom. The second-order valence-electron chi connectivity index (χ2n) is 3.29. The highest BCUT2D eigenvalue weighted by Crippen LogP contribution is 1.99. The van der Waals surface area contributed by atoms with Gasteiger partial charge in [0.05, 0.1) is 5.56 Å². The summed E-state index contributed by atoms with van der Waals surface area (Å²) >= 11 is 0. The normalized spacial score (nSPS) is 10.8. The smallest absolute Gasteiger partial charge is 0.338 e. The summed E-state index contributed by atoms with van der Waals surface area (Å²) < 4.78 is 39.8. The van der Waals surface area contributed by atoms with Crippen LogP contribution in [0, 0.1) is 0 Å². The zero-order valence-corrected chi connectivity index (χ0v) is 10.5. The summed E-state index contributed by atoms with van der Waals surface area (Å²) in [6.45, 7) is -0.572. The summed E-state index contributed by atoms with van der Waals surface area (Å²) in [4.78, 5) is 25.9. The van der Waals surface area contributed by atoms with Crippen LogP contribution in [0.3, 0.4) is 0 Å². The Bertz CT molecular complexity index is 540. The first-order valence-corrected chi connectivity index (χ1v) is 6.62. The highest BCUT2D eigenvalue weighted by molar-refractivity contribution is 7.86. The molecular formula is C10H10NO7S-. The molecule has 0 aliphatic heterocycles. The van der Waals surface area contributed by atoms with Crippen molar-refractivity contribution in [2.24, 2.45) is 0 Å². The van der Waals surface area contributed by atoms with E-state index < -0.39 is 27.8 Å². The highest BCUT2D eigenvalue weighted by atomic mass is 32.2. The van der Waals surface area contributed by atoms with Crippen LogP contribution in [-0.2, 0) is 24.4 Å². The van der Waals surface area contributed by atoms with Crippen LogP contribution in [0.1, 0.15) is 10.4 Å². The Balaban J connectivity index is 2.25. The number of hydrogen-bond acceptors (Lipinski definition) is 8. The molecule has 0 spiro atoms. The van der Waals surface area contributed by atoms with Gasteiger partial charge in [-0.1, -0.05) is 0 Å². The second-order valence-corrected chi connectivity index (χ2v) is 4.70. The van der Waals surface area contributed by atoms with Crippen LogP contribution in [0.15, 0.2) is 24.5 Å². The maximum atomic E-state index is 11.4. The average molecular weight is 288 g/mol. The Kier molecular flexibility index (Phi) is 5.39. The van der Waals surface area contributed by atoms with Crippen molar-refractivity contribution in [2.75, 3.05) is 19.0 Å². The van der Waals surface area contributed by atoms with Gasteiger partial charge < -0.3 is 14.0 Å². The molecule has 0 aliphatic carbocycles. The van der Waals surface area contributed by atoms with Crippen molar-refractivity contribution in [2.45, 2.75) is 0 Å². The van der Waals surface area contributed by atoms with E-state index in [1.807, 2.05) is 0 Å². The van der Waals surface area contributed by atoms with Crippen molar-refractivity contribution < 1.29 is 32.0 Å². The standard InChI is InChI=1S/C10H11NO7S/c12-9(7-19(14,15)16)17-5-6-18-10(13)8-1-3-11-4-2-8/h1-4H,5-7H2,(H,14,15,16)/p-1. The minimum Gasteiger partial charge on any atom is -0.748 e. The van der Waals surface area contributed by atoms with Gasteiger partial charge in [0.25, 0.3) is 0 Å². The van der Waals surface area contributed by atoms with Gasteiger partial charge in [-0.05, 0) is 12.1 Å². The maximum Gasteiger partial charge on any atom is 0.338 e. The zero-order valence-electron chi connectivity index (χ0n) is 9.64. The number of pyridine rings is 1. The van der Waals surface area contributed by atoms with Crippen LogP contribution < -0.4 is 0 Å². The molecule has 1 aromatic rings. The molecule has 19 heavy (non-hydrogen) atoms. The number of nitrogens with zero attached hydrogens (tertiary/aromatic N) is 1. The zero-order chi connectivity index (χ0) is 14.3. The molecule has 8 nitrogen and oxygen atoms in total. The monoisotopic (exact) mass is 288 g/mol. The summed E-state index contributed by atoms with van der Waals surface area (Å²) in [5.74, 6) is -3.06. The summed E-state index contributed by atoms with van der Waals surface area (Å²) in [6, 6.07) is 2.89. The molecular weight excluding hydrogens is 278 g/mol. The molecule has 1 heterocycles. The van der Waals surface area contributed by atoms with Gasteiger partial charge in [0.1, 0.15) is 29.1 Å². The molecule has 0 amide bonds. The molecule has 0 atom stereocenters. The lowest BCUT2D eigenvalue weighted by Gasteiger charge is -2.08. The third-order valence-corrected chi connectivity index (χ3v) is 2.38. The van der Waals surface area contributed by atoms with Crippen molar-refractivity contribution in [3.8, 4) is 0 Å². The first-order valence-electron chi connectivity index (χ1n) is 5.05. The van der Waals surface area contributed by atoms with Gasteiger partial charge in [-0.3, -0.25) is 9.78 Å². The molecule has 1 aromatic heterocycles. The predicted molar refractivity (Wildman–Crippen MR) is 60.0 cm³/mol. The van der Waals surface area contributed by atoms with E-state index in [1.165, 1.54) is 24.5 Å². The van der Waals surface area contributed by atoms with Crippen LogP contribution in [0.25, 0.3) is 0 Å². The molecule has 0 aliphatic rings. The van der Waals surface area contributed by atoms with E-state index >= 15 is 0 Å². The molecule has 0 fully saturated rings. The van der Waals surface area contributed by atoms with Gasteiger partial charge in [-0.2, -0.15) is 0 Å². The molecule has 0 aromatic carbocycles. The van der Waals surface area contributed by atoms with Crippen molar-refractivity contribution >= 4 is 22.1 Å². The molecule has 0 unspecified atom stereocenters. The average Bonchev–Trinajstić information content (AvgIpc) is 2.33. The van der Waals surface area contributed by atoms with E-state index in [0.717, 1.165) is 0 Å². The topological polar surface area (TPSA) is 123 Å². The Hall–Kier alpha value is -2.00. The van der Waals surface area contributed by atoms with Gasteiger partial charge >= 0.3 is 11.9 Å². The first kappa shape index (κ1) is 15.1. The minimum atomic E-state index is -4.66. The maximum absolute atomic E-state index is 11.4. The molecule has 0 radical (unpaired) electrons. The molecule has 0 saturated carbocycles. The quantitative estimate of drug-likeness (QED) is 0.383. The molecule has 1 rings (SSSR count). The molecule has 9 heteroatoms. The molecule has 0 N–H and O–H groups in total. The molecule has 0 saturated heterocycles. The van der Waals surface area contributed by atoms with Crippen molar-refractivity contribution in [1.29, 1.82) is 0 Å². The second kappa shape index (κ2) is 6.81. The van der Waals surface area contributed by atoms with Gasteiger partial charge in [-0.25, -0.2) is 13.2 Å². The van der Waals surface area contributed by atoms with E-state index in [2.05, 4.69) is 9.72 Å². The Labute approximate surface area is 109 Å². The number of hydrogen-bond donors (Lipinski definition) is 0. The summed E-state index contributed by atoms with van der Waals surface area (Å²) in [5, 5.41) is 0. The largest absolute Gasteiger partial charge is 0.748 e. The minimum absolute atomic E-state index is 0.244. The predicted octanol–water partition coefficient (Wildman–Crippen LogP) is -0.673. The van der Waals surface area contributed by atoms with Crippen LogP contribution in [0.5, 0.6) is 0 Å². The fraction of sp³-hybridized carbons (Fsp3) is 0.300. The van der Waals surface area contributed by atoms with Gasteiger partial charge in [0.2, 0.25) is 0 Å². The third kappa shape index (κ3) is 6.48. The lowest BCUT2D eigenvalue weighted by Crippen LogP contribution is -2.20. The van der Waals surface area contributed by atoms with E-state index in [9.17, 15) is 22.6 Å². The lowest BCUT2D eigenvalue weighted by molar-refractivity contribution is -0.141. The number of ether oxygens (including phenoxy) is 2. The fourth-order valence-electron chi connectivity index (χ4n) is 1.05. The van der Waals surface area contributed by atoms with Crippen LogP contribution in [-0.4, -0.2) is 48.9 Å². The number of carbonyl (C=O) groups excluding carboxylic acids is 2. The van der Waals surface area contributed by atoms with E-state index in [0.29, 0.717) is 0 Å². The van der Waals surface area contributed by atoms with Crippen molar-refractivity contribution in [3.05, 3.63) is 30.1 Å². The van der Waals surface area contributed by atoms with Crippen LogP contribution in [0.4, 0.5) is 0 Å². The Morgan fingerprint density at radius 3 is 2.32 bits per heavy atom. The van der Waals surface area contributed by atoms with E-state index in [4.69, 9.17) is 4.74 Å². The number of aromatic nitrogens is 1. The molecule has 0 bridgehead atoms. The van der Waals surface area contributed by atoms with Crippen molar-refractivity contribution in [3.63, 3.8) is 0 Å². The highest BCUT2D eigenvalue weighted by Gasteiger charge is 2.09. The summed E-state index contributed by atoms with van der Waals surface area (Å²) in [7, 11) is -4.66. The van der Waals surface area contributed by atoms with Crippen LogP contribution in [0.2, 0.25) is 0 Å². The fourth-order valence-corrected chi connectivity index (χ4v) is 1.42.